The number of ketones is 1. The smallest absolute Gasteiger partial charge is 0.242 e. The van der Waals surface area contributed by atoms with Crippen molar-refractivity contribution in [2.24, 2.45) is 0 Å². The third-order valence-electron chi connectivity index (χ3n) is 5.88. The van der Waals surface area contributed by atoms with Gasteiger partial charge in [-0.2, -0.15) is 0 Å². The van der Waals surface area contributed by atoms with Gasteiger partial charge in [-0.1, -0.05) is 30.3 Å². The molecule has 2 aromatic rings. The van der Waals surface area contributed by atoms with Gasteiger partial charge in [0.15, 0.2) is 5.78 Å². The fourth-order valence-corrected chi connectivity index (χ4v) is 4.39. The number of likely N-dealkylation sites (tertiary alicyclic amines) is 1. The number of ether oxygens (including phenoxy) is 1. The van der Waals surface area contributed by atoms with Crippen LogP contribution in [-0.2, 0) is 16.0 Å². The largest absolute Gasteiger partial charge is 0.488 e. The topological polar surface area (TPSA) is 75.7 Å². The summed E-state index contributed by atoms with van der Waals surface area (Å²) in [6.07, 6.45) is 2.10. The number of fused-ring (bicyclic) bond motifs is 1. The Hall–Kier alpha value is -3.15. The number of Topliss-reactive ketones (excluding diaryl/α,β-unsaturated/α-hetero) is 1. The highest BCUT2D eigenvalue weighted by atomic mass is 16.5. The van der Waals surface area contributed by atoms with Crippen LogP contribution < -0.4 is 10.1 Å². The van der Waals surface area contributed by atoms with E-state index in [0.29, 0.717) is 31.5 Å². The summed E-state index contributed by atoms with van der Waals surface area (Å²) in [7, 11) is 0. The Balaban J connectivity index is 1.41. The van der Waals surface area contributed by atoms with Gasteiger partial charge in [0.05, 0.1) is 6.54 Å². The molecular weight excluding hydrogens is 380 g/mol. The summed E-state index contributed by atoms with van der Waals surface area (Å²) in [6, 6.07) is 13.2. The van der Waals surface area contributed by atoms with Gasteiger partial charge in [-0.3, -0.25) is 14.4 Å². The van der Waals surface area contributed by atoms with E-state index in [1.807, 2.05) is 36.4 Å². The molecule has 0 aromatic heterocycles. The lowest BCUT2D eigenvalue weighted by molar-refractivity contribution is -0.137. The molecule has 0 bridgehead atoms. The molecule has 2 aliphatic heterocycles. The predicted octanol–water partition coefficient (Wildman–Crippen LogP) is 2.99. The molecule has 6 heteroatoms. The molecule has 0 saturated carbocycles. The first-order valence-corrected chi connectivity index (χ1v) is 10.4. The minimum Gasteiger partial charge on any atom is -0.488 e. The summed E-state index contributed by atoms with van der Waals surface area (Å²) < 4.78 is 6.00. The van der Waals surface area contributed by atoms with Crippen molar-refractivity contribution in [3.63, 3.8) is 0 Å². The van der Waals surface area contributed by atoms with Crippen molar-refractivity contribution in [1.82, 2.24) is 10.2 Å². The Morgan fingerprint density at radius 1 is 1.13 bits per heavy atom. The number of carbonyl (C=O) groups excluding carboxylic acids is 3. The van der Waals surface area contributed by atoms with E-state index in [1.165, 1.54) is 6.92 Å². The highest BCUT2D eigenvalue weighted by Gasteiger charge is 2.33. The highest BCUT2D eigenvalue weighted by molar-refractivity contribution is 6.00. The van der Waals surface area contributed by atoms with E-state index in [-0.39, 0.29) is 29.7 Å². The van der Waals surface area contributed by atoms with Gasteiger partial charge in [0.25, 0.3) is 0 Å². The quantitative estimate of drug-likeness (QED) is 0.775. The van der Waals surface area contributed by atoms with Crippen molar-refractivity contribution < 1.29 is 19.1 Å². The minimum atomic E-state index is -0.374. The van der Waals surface area contributed by atoms with Crippen LogP contribution in [-0.4, -0.2) is 47.7 Å². The fourth-order valence-electron chi connectivity index (χ4n) is 4.39. The zero-order chi connectivity index (χ0) is 21.3. The van der Waals surface area contributed by atoms with Crippen molar-refractivity contribution in [2.45, 2.75) is 45.3 Å². The van der Waals surface area contributed by atoms with Crippen LogP contribution in [0.5, 0.6) is 5.75 Å². The van der Waals surface area contributed by atoms with E-state index in [0.717, 1.165) is 28.9 Å². The van der Waals surface area contributed by atoms with E-state index in [9.17, 15) is 14.4 Å². The molecule has 2 amide bonds. The van der Waals surface area contributed by atoms with Crippen LogP contribution in [0.2, 0.25) is 0 Å². The van der Waals surface area contributed by atoms with Gasteiger partial charge in [0, 0.05) is 25.5 Å². The summed E-state index contributed by atoms with van der Waals surface area (Å²) in [5.41, 5.74) is 3.66. The second kappa shape index (κ2) is 8.30. The molecule has 4 rings (SSSR count). The number of rotatable bonds is 5. The summed E-state index contributed by atoms with van der Waals surface area (Å²) in [4.78, 5) is 37.8. The number of carbonyl (C=O) groups is 3. The monoisotopic (exact) mass is 406 g/mol. The first-order chi connectivity index (χ1) is 14.4. The molecule has 0 spiro atoms. The van der Waals surface area contributed by atoms with Crippen molar-refractivity contribution >= 4 is 17.6 Å². The maximum Gasteiger partial charge on any atom is 0.242 e. The normalized spacial score (nSPS) is 19.9. The van der Waals surface area contributed by atoms with Gasteiger partial charge in [-0.05, 0) is 48.6 Å². The van der Waals surface area contributed by atoms with Gasteiger partial charge in [-0.15, -0.1) is 0 Å². The van der Waals surface area contributed by atoms with Crippen LogP contribution >= 0.6 is 0 Å². The average Bonchev–Trinajstić information content (AvgIpc) is 3.38. The van der Waals surface area contributed by atoms with Crippen LogP contribution in [0.1, 0.15) is 42.6 Å². The maximum atomic E-state index is 12.5. The lowest BCUT2D eigenvalue weighted by Gasteiger charge is -2.23. The van der Waals surface area contributed by atoms with Crippen LogP contribution in [0.25, 0.3) is 11.1 Å². The average molecular weight is 406 g/mol. The summed E-state index contributed by atoms with van der Waals surface area (Å²) >= 11 is 0. The highest BCUT2D eigenvalue weighted by Crippen LogP contribution is 2.34. The standard InChI is InChI=1S/C24H26N2O4/c1-15(27)20-6-3-4-7-21(20)17-9-10-23-18(12-17)13-19(30-23)14-25-24(29)22-8-5-11-26(22)16(2)28/h3-4,6-7,9-10,12,19,22H,5,8,11,13-14H2,1-2H3,(H,25,29)/t19-,22-/m0/s1. The lowest BCUT2D eigenvalue weighted by atomic mass is 9.95. The first-order valence-electron chi connectivity index (χ1n) is 10.4. The van der Waals surface area contributed by atoms with Crippen LogP contribution in [0.4, 0.5) is 0 Å². The molecule has 156 valence electrons. The Kier molecular flexibility index (Phi) is 5.57. The summed E-state index contributed by atoms with van der Waals surface area (Å²) in [5.74, 6) is 0.674. The predicted molar refractivity (Wildman–Crippen MR) is 113 cm³/mol. The first kappa shape index (κ1) is 20.1. The van der Waals surface area contributed by atoms with E-state index in [2.05, 4.69) is 11.4 Å². The number of nitrogens with zero attached hydrogens (tertiary/aromatic N) is 1. The van der Waals surface area contributed by atoms with Crippen molar-refractivity contribution in [3.05, 3.63) is 53.6 Å². The van der Waals surface area contributed by atoms with Gasteiger partial charge < -0.3 is 15.0 Å². The second-order valence-corrected chi connectivity index (χ2v) is 7.98. The van der Waals surface area contributed by atoms with Gasteiger partial charge >= 0.3 is 0 Å². The Bertz CT molecular complexity index is 1000. The SMILES string of the molecule is CC(=O)c1ccccc1-c1ccc2c(c1)C[C@@H](CNC(=O)[C@@H]1CCCN1C(C)=O)O2. The van der Waals surface area contributed by atoms with Crippen LogP contribution in [0, 0.1) is 0 Å². The Morgan fingerprint density at radius 2 is 1.93 bits per heavy atom. The molecule has 2 aliphatic rings. The molecule has 2 aromatic carbocycles. The van der Waals surface area contributed by atoms with Crippen LogP contribution in [0.15, 0.2) is 42.5 Å². The van der Waals surface area contributed by atoms with E-state index < -0.39 is 0 Å². The number of benzene rings is 2. The molecule has 6 nitrogen and oxygen atoms in total. The molecule has 0 radical (unpaired) electrons. The third-order valence-corrected chi connectivity index (χ3v) is 5.88. The van der Waals surface area contributed by atoms with E-state index in [4.69, 9.17) is 4.74 Å². The molecule has 2 atom stereocenters. The molecule has 2 heterocycles. The molecule has 1 N–H and O–H groups in total. The minimum absolute atomic E-state index is 0.0365. The van der Waals surface area contributed by atoms with Gasteiger partial charge in [0.2, 0.25) is 11.8 Å². The Labute approximate surface area is 176 Å². The second-order valence-electron chi connectivity index (χ2n) is 7.98. The van der Waals surface area contributed by atoms with E-state index >= 15 is 0 Å². The van der Waals surface area contributed by atoms with Gasteiger partial charge in [-0.25, -0.2) is 0 Å². The number of hydrogen-bond donors (Lipinski definition) is 1. The number of nitrogens with one attached hydrogen (secondary N) is 1. The molecule has 30 heavy (non-hydrogen) atoms. The zero-order valence-corrected chi connectivity index (χ0v) is 17.3. The summed E-state index contributed by atoms with van der Waals surface area (Å²) in [6.45, 7) is 4.12. The van der Waals surface area contributed by atoms with Crippen molar-refractivity contribution in [1.29, 1.82) is 0 Å². The van der Waals surface area contributed by atoms with Crippen LogP contribution in [0.3, 0.4) is 0 Å². The third kappa shape index (κ3) is 3.95. The number of hydrogen-bond acceptors (Lipinski definition) is 4. The summed E-state index contributed by atoms with van der Waals surface area (Å²) in [5, 5.41) is 2.95. The van der Waals surface area contributed by atoms with E-state index in [1.54, 1.807) is 11.8 Å². The fraction of sp³-hybridized carbons (Fsp3) is 0.375. The Morgan fingerprint density at radius 3 is 2.70 bits per heavy atom. The maximum absolute atomic E-state index is 12.5. The van der Waals surface area contributed by atoms with Crippen molar-refractivity contribution in [3.8, 4) is 16.9 Å². The zero-order valence-electron chi connectivity index (χ0n) is 17.3. The molecule has 1 saturated heterocycles. The number of amides is 2. The van der Waals surface area contributed by atoms with Crippen molar-refractivity contribution in [2.75, 3.05) is 13.1 Å². The molecule has 0 unspecified atom stereocenters. The molecular formula is C24H26N2O4. The van der Waals surface area contributed by atoms with Gasteiger partial charge in [0.1, 0.15) is 17.9 Å². The molecule has 0 aliphatic carbocycles. The molecule has 1 fully saturated rings. The lowest BCUT2D eigenvalue weighted by Crippen LogP contribution is -2.47.